The molecule has 0 saturated carbocycles. The monoisotopic (exact) mass is 339 g/mol. The lowest BCUT2D eigenvalue weighted by Gasteiger charge is -2.12. The Hall–Kier alpha value is -0.840. The number of hydrogen-bond donors (Lipinski definition) is 1. The second-order valence-electron chi connectivity index (χ2n) is 4.34. The molecule has 0 heterocycles. The van der Waals surface area contributed by atoms with Gasteiger partial charge < -0.3 is 5.73 Å². The van der Waals surface area contributed by atoms with Gasteiger partial charge in [-0.3, -0.25) is 0 Å². The second kappa shape index (κ2) is 7.08. The Morgan fingerprint density at radius 1 is 1.16 bits per heavy atom. The summed E-state index contributed by atoms with van der Waals surface area (Å²) in [7, 11) is 0. The van der Waals surface area contributed by atoms with Crippen LogP contribution in [0.2, 0.25) is 0 Å². The summed E-state index contributed by atoms with van der Waals surface area (Å²) in [5.41, 5.74) is 7.04. The van der Waals surface area contributed by atoms with Gasteiger partial charge in [0.15, 0.2) is 0 Å². The maximum atomic E-state index is 13.1. The zero-order valence-corrected chi connectivity index (χ0v) is 12.8. The Morgan fingerprint density at radius 3 is 2.68 bits per heavy atom. The normalized spacial score (nSPS) is 12.4. The topological polar surface area (TPSA) is 26.0 Å². The van der Waals surface area contributed by atoms with Gasteiger partial charge >= 0.3 is 0 Å². The molecule has 0 amide bonds. The number of nitrogens with two attached hydrogens (primary N) is 1. The SMILES string of the molecule is NC(CSc1ccccc1Br)Cc1cccc(F)c1. The summed E-state index contributed by atoms with van der Waals surface area (Å²) in [5, 5.41) is 0. The maximum absolute atomic E-state index is 13.1. The summed E-state index contributed by atoms with van der Waals surface area (Å²) >= 11 is 5.22. The molecule has 2 aromatic rings. The van der Waals surface area contributed by atoms with Crippen LogP contribution in [0.25, 0.3) is 0 Å². The van der Waals surface area contributed by atoms with Crippen molar-refractivity contribution < 1.29 is 4.39 Å². The molecule has 0 radical (unpaired) electrons. The van der Waals surface area contributed by atoms with Gasteiger partial charge in [0, 0.05) is 21.2 Å². The Balaban J connectivity index is 1.88. The van der Waals surface area contributed by atoms with E-state index in [0.717, 1.165) is 15.8 Å². The molecular weight excluding hydrogens is 325 g/mol. The minimum atomic E-state index is -0.205. The van der Waals surface area contributed by atoms with Gasteiger partial charge in [-0.05, 0) is 52.2 Å². The van der Waals surface area contributed by atoms with Crippen molar-refractivity contribution in [2.75, 3.05) is 5.75 Å². The molecule has 0 aliphatic heterocycles. The third kappa shape index (κ3) is 4.64. The van der Waals surface area contributed by atoms with Crippen LogP contribution in [-0.2, 0) is 6.42 Å². The number of hydrogen-bond acceptors (Lipinski definition) is 2. The van der Waals surface area contributed by atoms with E-state index in [1.54, 1.807) is 23.9 Å². The van der Waals surface area contributed by atoms with Crippen LogP contribution in [0, 0.1) is 5.82 Å². The van der Waals surface area contributed by atoms with Crippen LogP contribution >= 0.6 is 27.7 Å². The molecule has 0 fully saturated rings. The van der Waals surface area contributed by atoms with Crippen molar-refractivity contribution in [1.29, 1.82) is 0 Å². The molecule has 100 valence electrons. The molecule has 0 aliphatic carbocycles. The molecule has 19 heavy (non-hydrogen) atoms. The third-order valence-electron chi connectivity index (χ3n) is 2.68. The largest absolute Gasteiger partial charge is 0.327 e. The Morgan fingerprint density at radius 2 is 1.95 bits per heavy atom. The Bertz CT molecular complexity index is 547. The summed E-state index contributed by atoms with van der Waals surface area (Å²) in [5.74, 6) is 0.599. The van der Waals surface area contributed by atoms with E-state index >= 15 is 0 Å². The fraction of sp³-hybridized carbons (Fsp3) is 0.200. The van der Waals surface area contributed by atoms with E-state index in [4.69, 9.17) is 5.73 Å². The van der Waals surface area contributed by atoms with Gasteiger partial charge in [0.05, 0.1) is 0 Å². The molecule has 0 bridgehead atoms. The molecule has 0 aliphatic rings. The lowest BCUT2D eigenvalue weighted by atomic mass is 10.1. The van der Waals surface area contributed by atoms with Crippen LogP contribution in [-0.4, -0.2) is 11.8 Å². The van der Waals surface area contributed by atoms with Gasteiger partial charge in [0.25, 0.3) is 0 Å². The van der Waals surface area contributed by atoms with Crippen LogP contribution in [0.4, 0.5) is 4.39 Å². The second-order valence-corrected chi connectivity index (χ2v) is 6.25. The Kier molecular flexibility index (Phi) is 5.43. The van der Waals surface area contributed by atoms with Gasteiger partial charge in [-0.2, -0.15) is 0 Å². The lowest BCUT2D eigenvalue weighted by Crippen LogP contribution is -2.25. The fourth-order valence-corrected chi connectivity index (χ4v) is 3.30. The Labute approximate surface area is 125 Å². The highest BCUT2D eigenvalue weighted by molar-refractivity contribution is 9.10. The number of halogens is 2. The van der Waals surface area contributed by atoms with E-state index in [0.29, 0.717) is 6.42 Å². The molecule has 4 heteroatoms. The van der Waals surface area contributed by atoms with Crippen LogP contribution in [0.15, 0.2) is 57.9 Å². The van der Waals surface area contributed by atoms with E-state index in [-0.39, 0.29) is 11.9 Å². The molecule has 1 atom stereocenters. The van der Waals surface area contributed by atoms with Crippen molar-refractivity contribution in [2.45, 2.75) is 17.4 Å². The number of rotatable bonds is 5. The average molecular weight is 340 g/mol. The third-order valence-corrected chi connectivity index (χ3v) is 4.89. The van der Waals surface area contributed by atoms with Crippen LogP contribution in [0.1, 0.15) is 5.56 Å². The first-order chi connectivity index (χ1) is 9.15. The highest BCUT2D eigenvalue weighted by Gasteiger charge is 2.07. The molecule has 0 spiro atoms. The standard InChI is InChI=1S/C15H15BrFNS/c16-14-6-1-2-7-15(14)19-10-13(18)9-11-4-3-5-12(17)8-11/h1-8,13H,9-10,18H2. The molecular formula is C15H15BrFNS. The predicted octanol–water partition coefficient (Wildman–Crippen LogP) is 4.25. The molecule has 2 N–H and O–H groups in total. The summed E-state index contributed by atoms with van der Waals surface area (Å²) in [6, 6.07) is 14.7. The first-order valence-corrected chi connectivity index (χ1v) is 7.80. The van der Waals surface area contributed by atoms with E-state index in [1.807, 2.05) is 24.3 Å². The highest BCUT2D eigenvalue weighted by Crippen LogP contribution is 2.27. The quantitative estimate of drug-likeness (QED) is 0.824. The minimum Gasteiger partial charge on any atom is -0.327 e. The van der Waals surface area contributed by atoms with Crippen molar-refractivity contribution in [3.05, 3.63) is 64.4 Å². The predicted molar refractivity (Wildman–Crippen MR) is 82.9 cm³/mol. The van der Waals surface area contributed by atoms with Crippen molar-refractivity contribution in [2.24, 2.45) is 5.73 Å². The average Bonchev–Trinajstić information content (AvgIpc) is 2.38. The van der Waals surface area contributed by atoms with E-state index in [2.05, 4.69) is 22.0 Å². The van der Waals surface area contributed by atoms with E-state index in [9.17, 15) is 4.39 Å². The first-order valence-electron chi connectivity index (χ1n) is 6.02. The van der Waals surface area contributed by atoms with Crippen molar-refractivity contribution in [3.8, 4) is 0 Å². The maximum Gasteiger partial charge on any atom is 0.123 e. The molecule has 2 aromatic carbocycles. The van der Waals surface area contributed by atoms with Crippen molar-refractivity contribution in [3.63, 3.8) is 0 Å². The van der Waals surface area contributed by atoms with Gasteiger partial charge in [-0.1, -0.05) is 24.3 Å². The highest BCUT2D eigenvalue weighted by atomic mass is 79.9. The van der Waals surface area contributed by atoms with Gasteiger partial charge in [0.1, 0.15) is 5.82 Å². The molecule has 1 unspecified atom stereocenters. The number of benzene rings is 2. The lowest BCUT2D eigenvalue weighted by molar-refractivity contribution is 0.623. The zero-order valence-electron chi connectivity index (χ0n) is 10.4. The molecule has 1 nitrogen and oxygen atoms in total. The van der Waals surface area contributed by atoms with E-state index < -0.39 is 0 Å². The van der Waals surface area contributed by atoms with Gasteiger partial charge in [-0.15, -0.1) is 11.8 Å². The van der Waals surface area contributed by atoms with Crippen molar-refractivity contribution in [1.82, 2.24) is 0 Å². The van der Waals surface area contributed by atoms with Crippen molar-refractivity contribution >= 4 is 27.7 Å². The zero-order chi connectivity index (χ0) is 13.7. The van der Waals surface area contributed by atoms with Gasteiger partial charge in [0.2, 0.25) is 0 Å². The molecule has 0 aromatic heterocycles. The van der Waals surface area contributed by atoms with Crippen LogP contribution in [0.5, 0.6) is 0 Å². The smallest absolute Gasteiger partial charge is 0.123 e. The van der Waals surface area contributed by atoms with Crippen LogP contribution in [0.3, 0.4) is 0 Å². The van der Waals surface area contributed by atoms with E-state index in [1.165, 1.54) is 11.0 Å². The first kappa shape index (κ1) is 14.6. The minimum absolute atomic E-state index is 0.0129. The number of thioether (sulfide) groups is 1. The van der Waals surface area contributed by atoms with Crippen LogP contribution < -0.4 is 5.73 Å². The summed E-state index contributed by atoms with van der Waals surface area (Å²) in [4.78, 5) is 1.18. The van der Waals surface area contributed by atoms with Gasteiger partial charge in [-0.25, -0.2) is 4.39 Å². The summed E-state index contributed by atoms with van der Waals surface area (Å²) in [6.07, 6.45) is 0.690. The fourth-order valence-electron chi connectivity index (χ4n) is 1.78. The molecule has 2 rings (SSSR count). The summed E-state index contributed by atoms with van der Waals surface area (Å²) < 4.78 is 14.2. The summed E-state index contributed by atoms with van der Waals surface area (Å²) in [6.45, 7) is 0. The molecule has 0 saturated heterocycles.